The van der Waals surface area contributed by atoms with Gasteiger partial charge in [-0.25, -0.2) is 4.79 Å². The van der Waals surface area contributed by atoms with E-state index in [-0.39, 0.29) is 11.9 Å². The van der Waals surface area contributed by atoms with Gasteiger partial charge in [0.2, 0.25) is 0 Å². The van der Waals surface area contributed by atoms with Gasteiger partial charge in [0.05, 0.1) is 0 Å². The molecule has 1 saturated heterocycles. The molecule has 1 aromatic heterocycles. The number of amides is 3. The fraction of sp³-hybridized carbons (Fsp3) is 0.538. The first-order chi connectivity index (χ1) is 8.64. The number of urea groups is 1. The van der Waals surface area contributed by atoms with Gasteiger partial charge in [-0.05, 0) is 30.7 Å². The molecule has 1 fully saturated rings. The van der Waals surface area contributed by atoms with Crippen LogP contribution in [0.25, 0.3) is 0 Å². The predicted molar refractivity (Wildman–Crippen MR) is 71.6 cm³/mol. The Hall–Kier alpha value is -1.36. The number of rotatable bonds is 5. The Morgan fingerprint density at radius 2 is 2.06 bits per heavy atom. The van der Waals surface area contributed by atoms with Gasteiger partial charge in [-0.15, -0.1) is 11.3 Å². The predicted octanol–water partition coefficient (Wildman–Crippen LogP) is 2.40. The van der Waals surface area contributed by atoms with Gasteiger partial charge in [-0.3, -0.25) is 10.1 Å². The summed E-state index contributed by atoms with van der Waals surface area (Å²) in [7, 11) is 0. The van der Waals surface area contributed by atoms with Crippen LogP contribution in [-0.4, -0.2) is 28.9 Å². The SMILES string of the molecule is CCC1(CC)C(=O)NC(=O)N1CCc1cccs1. The van der Waals surface area contributed by atoms with Gasteiger partial charge < -0.3 is 4.90 Å². The highest BCUT2D eigenvalue weighted by Gasteiger charge is 2.49. The van der Waals surface area contributed by atoms with Gasteiger partial charge in [0, 0.05) is 11.4 Å². The van der Waals surface area contributed by atoms with Crippen molar-refractivity contribution in [2.24, 2.45) is 0 Å². The zero-order valence-corrected chi connectivity index (χ0v) is 11.5. The van der Waals surface area contributed by atoms with Crippen LogP contribution in [0.4, 0.5) is 4.79 Å². The Morgan fingerprint density at radius 3 is 2.61 bits per heavy atom. The molecule has 0 spiro atoms. The molecule has 1 N–H and O–H groups in total. The molecule has 0 saturated carbocycles. The summed E-state index contributed by atoms with van der Waals surface area (Å²) in [5.41, 5.74) is -0.645. The normalized spacial score (nSPS) is 18.2. The number of imide groups is 1. The van der Waals surface area contributed by atoms with E-state index >= 15 is 0 Å². The van der Waals surface area contributed by atoms with E-state index in [0.717, 1.165) is 6.42 Å². The molecule has 0 atom stereocenters. The van der Waals surface area contributed by atoms with Crippen LogP contribution in [0.2, 0.25) is 0 Å². The van der Waals surface area contributed by atoms with Gasteiger partial charge in [0.25, 0.3) is 5.91 Å². The van der Waals surface area contributed by atoms with E-state index in [9.17, 15) is 9.59 Å². The third-order valence-electron chi connectivity index (χ3n) is 3.74. The molecule has 1 aliphatic rings. The maximum Gasteiger partial charge on any atom is 0.325 e. The number of carbonyl (C=O) groups excluding carboxylic acids is 2. The van der Waals surface area contributed by atoms with E-state index in [2.05, 4.69) is 11.4 Å². The highest BCUT2D eigenvalue weighted by atomic mass is 32.1. The second kappa shape index (κ2) is 5.10. The number of hydrogen-bond acceptors (Lipinski definition) is 3. The maximum absolute atomic E-state index is 12.0. The molecule has 1 aliphatic heterocycles. The molecule has 4 nitrogen and oxygen atoms in total. The second-order valence-corrected chi connectivity index (χ2v) is 5.51. The average molecular weight is 266 g/mol. The molecule has 2 rings (SSSR count). The highest BCUT2D eigenvalue weighted by molar-refractivity contribution is 7.09. The summed E-state index contributed by atoms with van der Waals surface area (Å²) in [5, 5.41) is 4.47. The first-order valence-electron chi connectivity index (χ1n) is 6.29. The van der Waals surface area contributed by atoms with Crippen molar-refractivity contribution in [1.29, 1.82) is 0 Å². The molecular weight excluding hydrogens is 248 g/mol. The summed E-state index contributed by atoms with van der Waals surface area (Å²) < 4.78 is 0. The van der Waals surface area contributed by atoms with Crippen molar-refractivity contribution in [3.05, 3.63) is 22.4 Å². The van der Waals surface area contributed by atoms with E-state index in [1.807, 2.05) is 25.3 Å². The van der Waals surface area contributed by atoms with Crippen molar-refractivity contribution in [2.45, 2.75) is 38.6 Å². The van der Waals surface area contributed by atoms with Gasteiger partial charge >= 0.3 is 6.03 Å². The minimum absolute atomic E-state index is 0.149. The molecule has 5 heteroatoms. The maximum atomic E-state index is 12.0. The minimum atomic E-state index is -0.645. The molecule has 18 heavy (non-hydrogen) atoms. The third-order valence-corrected chi connectivity index (χ3v) is 4.67. The van der Waals surface area contributed by atoms with Crippen molar-refractivity contribution in [3.8, 4) is 0 Å². The molecule has 3 amide bonds. The monoisotopic (exact) mass is 266 g/mol. The topological polar surface area (TPSA) is 49.4 Å². The van der Waals surface area contributed by atoms with Crippen LogP contribution in [0.1, 0.15) is 31.6 Å². The van der Waals surface area contributed by atoms with E-state index < -0.39 is 5.54 Å². The summed E-state index contributed by atoms with van der Waals surface area (Å²) in [6.07, 6.45) is 2.12. The van der Waals surface area contributed by atoms with E-state index in [1.165, 1.54) is 4.88 Å². The molecule has 0 aliphatic carbocycles. The molecule has 0 bridgehead atoms. The number of nitrogens with zero attached hydrogens (tertiary/aromatic N) is 1. The van der Waals surface area contributed by atoms with E-state index in [1.54, 1.807) is 16.2 Å². The zero-order chi connectivity index (χ0) is 13.2. The van der Waals surface area contributed by atoms with Crippen molar-refractivity contribution < 1.29 is 9.59 Å². The number of hydrogen-bond donors (Lipinski definition) is 1. The fourth-order valence-corrected chi connectivity index (χ4v) is 3.24. The smallest absolute Gasteiger partial charge is 0.309 e. The molecule has 0 aromatic carbocycles. The zero-order valence-electron chi connectivity index (χ0n) is 10.7. The first-order valence-corrected chi connectivity index (χ1v) is 7.17. The van der Waals surface area contributed by atoms with E-state index in [0.29, 0.717) is 19.4 Å². The molecular formula is C13H18N2O2S. The van der Waals surface area contributed by atoms with Crippen LogP contribution >= 0.6 is 11.3 Å². The second-order valence-electron chi connectivity index (χ2n) is 4.48. The molecule has 1 aromatic rings. The highest BCUT2D eigenvalue weighted by Crippen LogP contribution is 2.29. The quantitative estimate of drug-likeness (QED) is 0.832. The average Bonchev–Trinajstić information content (AvgIpc) is 2.94. The largest absolute Gasteiger partial charge is 0.325 e. The van der Waals surface area contributed by atoms with Crippen molar-refractivity contribution in [3.63, 3.8) is 0 Å². The Balaban J connectivity index is 2.13. The Morgan fingerprint density at radius 1 is 1.33 bits per heavy atom. The standard InChI is InChI=1S/C13H18N2O2S/c1-3-13(4-2)11(16)14-12(17)15(13)8-7-10-6-5-9-18-10/h5-6,9H,3-4,7-8H2,1-2H3,(H,14,16,17). The summed E-state index contributed by atoms with van der Waals surface area (Å²) in [6.45, 7) is 4.51. The summed E-state index contributed by atoms with van der Waals surface area (Å²) in [5.74, 6) is -0.149. The van der Waals surface area contributed by atoms with Crippen LogP contribution in [0, 0.1) is 0 Å². The van der Waals surface area contributed by atoms with Gasteiger partial charge in [0.15, 0.2) is 0 Å². The molecule has 0 unspecified atom stereocenters. The third kappa shape index (κ3) is 2.03. The van der Waals surface area contributed by atoms with Crippen molar-refractivity contribution in [2.75, 3.05) is 6.54 Å². The molecule has 0 radical (unpaired) electrons. The summed E-state index contributed by atoms with van der Waals surface area (Å²) in [6, 6.07) is 3.81. The fourth-order valence-electron chi connectivity index (χ4n) is 2.54. The first kappa shape index (κ1) is 13.1. The number of thiophene rings is 1. The van der Waals surface area contributed by atoms with Crippen molar-refractivity contribution in [1.82, 2.24) is 10.2 Å². The lowest BCUT2D eigenvalue weighted by atomic mass is 9.91. The van der Waals surface area contributed by atoms with E-state index in [4.69, 9.17) is 0 Å². The number of nitrogens with one attached hydrogen (secondary N) is 1. The van der Waals surface area contributed by atoms with Crippen LogP contribution in [0.5, 0.6) is 0 Å². The van der Waals surface area contributed by atoms with Crippen molar-refractivity contribution >= 4 is 23.3 Å². The van der Waals surface area contributed by atoms with Gasteiger partial charge in [-0.1, -0.05) is 19.9 Å². The number of carbonyl (C=O) groups is 2. The minimum Gasteiger partial charge on any atom is -0.309 e. The Bertz CT molecular complexity index is 438. The van der Waals surface area contributed by atoms with Crippen LogP contribution < -0.4 is 5.32 Å². The van der Waals surface area contributed by atoms with Crippen LogP contribution in [-0.2, 0) is 11.2 Å². The lowest BCUT2D eigenvalue weighted by Gasteiger charge is -2.33. The molecule has 2 heterocycles. The lowest BCUT2D eigenvalue weighted by molar-refractivity contribution is -0.127. The Kier molecular flexibility index (Phi) is 3.71. The molecule has 98 valence electrons. The van der Waals surface area contributed by atoms with Crippen LogP contribution in [0.3, 0.4) is 0 Å². The lowest BCUT2D eigenvalue weighted by Crippen LogP contribution is -2.49. The van der Waals surface area contributed by atoms with Gasteiger partial charge in [0.1, 0.15) is 5.54 Å². The Labute approximate surface area is 111 Å². The summed E-state index contributed by atoms with van der Waals surface area (Å²) in [4.78, 5) is 26.8. The van der Waals surface area contributed by atoms with Gasteiger partial charge in [-0.2, -0.15) is 0 Å². The van der Waals surface area contributed by atoms with Crippen LogP contribution in [0.15, 0.2) is 17.5 Å². The summed E-state index contributed by atoms with van der Waals surface area (Å²) >= 11 is 1.68.